The van der Waals surface area contributed by atoms with Gasteiger partial charge in [0.15, 0.2) is 0 Å². The molecule has 0 atom stereocenters. The van der Waals surface area contributed by atoms with E-state index >= 15 is 0 Å². The molecule has 0 radical (unpaired) electrons. The number of hydrogen-bond donors (Lipinski definition) is 1. The van der Waals surface area contributed by atoms with Crippen molar-refractivity contribution in [1.29, 1.82) is 0 Å². The maximum absolute atomic E-state index is 11.2. The smallest absolute Gasteiger partial charge is 0.336 e. The van der Waals surface area contributed by atoms with E-state index in [0.717, 1.165) is 17.6 Å². The molecule has 1 N–H and O–H groups in total. The zero-order valence-corrected chi connectivity index (χ0v) is 10.3. The predicted octanol–water partition coefficient (Wildman–Crippen LogP) is 3.41. The highest BCUT2D eigenvalue weighted by Crippen LogP contribution is 2.18. The van der Waals surface area contributed by atoms with Gasteiger partial charge in [0, 0.05) is 29.8 Å². The lowest BCUT2D eigenvalue weighted by molar-refractivity contribution is 0.561. The fourth-order valence-corrected chi connectivity index (χ4v) is 1.97. The minimum absolute atomic E-state index is 0.326. The van der Waals surface area contributed by atoms with Gasteiger partial charge in [-0.1, -0.05) is 30.3 Å². The average molecular weight is 251 g/mol. The Balaban J connectivity index is 1.83. The number of fused-ring (bicyclic) bond motifs is 1. The van der Waals surface area contributed by atoms with E-state index in [9.17, 15) is 4.79 Å². The monoisotopic (exact) mass is 251 g/mol. The second kappa shape index (κ2) is 4.98. The second-order valence-electron chi connectivity index (χ2n) is 4.35. The van der Waals surface area contributed by atoms with Crippen LogP contribution >= 0.6 is 0 Å². The van der Waals surface area contributed by atoms with E-state index in [-0.39, 0.29) is 5.63 Å². The first-order valence-electron chi connectivity index (χ1n) is 6.13. The Hall–Kier alpha value is -2.55. The lowest BCUT2D eigenvalue weighted by Crippen LogP contribution is -1.99. The third-order valence-electron chi connectivity index (χ3n) is 2.96. The molecule has 0 saturated heterocycles. The highest BCUT2D eigenvalue weighted by molar-refractivity contribution is 5.80. The van der Waals surface area contributed by atoms with Crippen LogP contribution in [0.25, 0.3) is 11.0 Å². The molecular weight excluding hydrogens is 238 g/mol. The van der Waals surface area contributed by atoms with Crippen LogP contribution in [0.3, 0.4) is 0 Å². The van der Waals surface area contributed by atoms with E-state index in [0.29, 0.717) is 5.58 Å². The zero-order valence-electron chi connectivity index (χ0n) is 10.3. The van der Waals surface area contributed by atoms with Crippen LogP contribution in [0.4, 0.5) is 5.69 Å². The van der Waals surface area contributed by atoms with Crippen molar-refractivity contribution in [3.63, 3.8) is 0 Å². The fourth-order valence-electron chi connectivity index (χ4n) is 1.97. The molecule has 0 aliphatic rings. The molecule has 3 aromatic rings. The van der Waals surface area contributed by atoms with Gasteiger partial charge in [-0.25, -0.2) is 4.79 Å². The molecule has 0 aliphatic heterocycles. The van der Waals surface area contributed by atoms with E-state index in [4.69, 9.17) is 4.42 Å². The van der Waals surface area contributed by atoms with Crippen molar-refractivity contribution in [1.82, 2.24) is 0 Å². The molecule has 0 aliphatic carbocycles. The molecule has 94 valence electrons. The zero-order chi connectivity index (χ0) is 13.1. The summed E-state index contributed by atoms with van der Waals surface area (Å²) in [6.07, 6.45) is 0. The van der Waals surface area contributed by atoms with Gasteiger partial charge in [-0.15, -0.1) is 0 Å². The Morgan fingerprint density at radius 2 is 1.74 bits per heavy atom. The third kappa shape index (κ3) is 2.65. The highest BCUT2D eigenvalue weighted by atomic mass is 16.4. The SMILES string of the molecule is O=c1ccc2ccc(NCc3ccccc3)cc2o1. The molecule has 0 spiro atoms. The standard InChI is InChI=1S/C16H13NO2/c18-16-9-7-13-6-8-14(10-15(13)19-16)17-11-12-4-2-1-3-5-12/h1-10,17H,11H2. The summed E-state index contributed by atoms with van der Waals surface area (Å²) in [4.78, 5) is 11.2. The fraction of sp³-hybridized carbons (Fsp3) is 0.0625. The Bertz CT molecular complexity index is 747. The van der Waals surface area contributed by atoms with Crippen LogP contribution in [0.5, 0.6) is 0 Å². The predicted molar refractivity (Wildman–Crippen MR) is 76.3 cm³/mol. The Morgan fingerprint density at radius 1 is 0.947 bits per heavy atom. The molecular formula is C16H13NO2. The van der Waals surface area contributed by atoms with Gasteiger partial charge in [0.2, 0.25) is 0 Å². The number of benzene rings is 2. The molecule has 0 fully saturated rings. The minimum atomic E-state index is -0.326. The van der Waals surface area contributed by atoms with Gasteiger partial charge in [0.25, 0.3) is 0 Å². The molecule has 1 heterocycles. The Labute approximate surface area is 110 Å². The van der Waals surface area contributed by atoms with Crippen molar-refractivity contribution in [2.24, 2.45) is 0 Å². The van der Waals surface area contributed by atoms with Crippen molar-refractivity contribution in [3.8, 4) is 0 Å². The molecule has 0 saturated carbocycles. The second-order valence-corrected chi connectivity index (χ2v) is 4.35. The Kier molecular flexibility index (Phi) is 3.02. The lowest BCUT2D eigenvalue weighted by Gasteiger charge is -2.07. The normalized spacial score (nSPS) is 10.5. The molecule has 2 aromatic carbocycles. The van der Waals surface area contributed by atoms with Crippen molar-refractivity contribution >= 4 is 16.7 Å². The third-order valence-corrected chi connectivity index (χ3v) is 2.96. The molecule has 19 heavy (non-hydrogen) atoms. The van der Waals surface area contributed by atoms with Gasteiger partial charge in [0.05, 0.1) is 0 Å². The van der Waals surface area contributed by atoms with Crippen LogP contribution in [0.2, 0.25) is 0 Å². The molecule has 0 amide bonds. The van der Waals surface area contributed by atoms with Crippen LogP contribution in [0.1, 0.15) is 5.56 Å². The molecule has 1 aromatic heterocycles. The average Bonchev–Trinajstić information content (AvgIpc) is 2.46. The summed E-state index contributed by atoms with van der Waals surface area (Å²) in [6.45, 7) is 0.739. The molecule has 0 bridgehead atoms. The van der Waals surface area contributed by atoms with Gasteiger partial charge >= 0.3 is 5.63 Å². The van der Waals surface area contributed by atoms with Gasteiger partial charge in [-0.05, 0) is 23.8 Å². The first-order chi connectivity index (χ1) is 9.31. The van der Waals surface area contributed by atoms with E-state index in [1.807, 2.05) is 36.4 Å². The summed E-state index contributed by atoms with van der Waals surface area (Å²) in [5.74, 6) is 0. The lowest BCUT2D eigenvalue weighted by atomic mass is 10.2. The van der Waals surface area contributed by atoms with E-state index < -0.39 is 0 Å². The summed E-state index contributed by atoms with van der Waals surface area (Å²) in [5.41, 5.74) is 2.42. The van der Waals surface area contributed by atoms with E-state index in [2.05, 4.69) is 17.4 Å². The largest absolute Gasteiger partial charge is 0.423 e. The number of anilines is 1. The quantitative estimate of drug-likeness (QED) is 0.725. The van der Waals surface area contributed by atoms with E-state index in [1.54, 1.807) is 6.07 Å². The summed E-state index contributed by atoms with van der Waals surface area (Å²) in [7, 11) is 0. The first kappa shape index (κ1) is 11.5. The number of nitrogens with one attached hydrogen (secondary N) is 1. The van der Waals surface area contributed by atoms with Gasteiger partial charge in [-0.2, -0.15) is 0 Å². The molecule has 3 heteroatoms. The summed E-state index contributed by atoms with van der Waals surface area (Å²) < 4.78 is 5.16. The topological polar surface area (TPSA) is 42.2 Å². The number of rotatable bonds is 3. The van der Waals surface area contributed by atoms with Gasteiger partial charge in [-0.3, -0.25) is 0 Å². The number of hydrogen-bond acceptors (Lipinski definition) is 3. The summed E-state index contributed by atoms with van der Waals surface area (Å²) in [6, 6.07) is 19.1. The summed E-state index contributed by atoms with van der Waals surface area (Å²) >= 11 is 0. The highest BCUT2D eigenvalue weighted by Gasteiger charge is 1.99. The summed E-state index contributed by atoms with van der Waals surface area (Å²) in [5, 5.41) is 4.23. The van der Waals surface area contributed by atoms with Crippen LogP contribution in [-0.2, 0) is 6.54 Å². The molecule has 3 rings (SSSR count). The van der Waals surface area contributed by atoms with Crippen molar-refractivity contribution in [3.05, 3.63) is 76.6 Å². The van der Waals surface area contributed by atoms with Crippen molar-refractivity contribution < 1.29 is 4.42 Å². The van der Waals surface area contributed by atoms with Gasteiger partial charge in [0.1, 0.15) is 5.58 Å². The maximum atomic E-state index is 11.2. The van der Waals surface area contributed by atoms with Crippen molar-refractivity contribution in [2.75, 3.05) is 5.32 Å². The van der Waals surface area contributed by atoms with E-state index in [1.165, 1.54) is 11.6 Å². The molecule has 0 unspecified atom stereocenters. The van der Waals surface area contributed by atoms with Crippen molar-refractivity contribution in [2.45, 2.75) is 6.54 Å². The van der Waals surface area contributed by atoms with Crippen LogP contribution < -0.4 is 10.9 Å². The van der Waals surface area contributed by atoms with Crippen LogP contribution in [0.15, 0.2) is 69.9 Å². The Morgan fingerprint density at radius 3 is 2.58 bits per heavy atom. The minimum Gasteiger partial charge on any atom is -0.423 e. The van der Waals surface area contributed by atoms with Crippen LogP contribution in [0, 0.1) is 0 Å². The van der Waals surface area contributed by atoms with Crippen LogP contribution in [-0.4, -0.2) is 0 Å². The van der Waals surface area contributed by atoms with Gasteiger partial charge < -0.3 is 9.73 Å². The molecule has 3 nitrogen and oxygen atoms in total. The first-order valence-corrected chi connectivity index (χ1v) is 6.13. The maximum Gasteiger partial charge on any atom is 0.336 e.